The number of hydrogen-bond donors (Lipinski definition) is 3. The second-order valence-corrected chi connectivity index (χ2v) is 8.47. The summed E-state index contributed by atoms with van der Waals surface area (Å²) in [6.07, 6.45) is 5.11. The molecule has 162 valence electrons. The maximum absolute atomic E-state index is 11.9. The number of carbonyl (C=O) groups is 1. The predicted octanol–water partition coefficient (Wildman–Crippen LogP) is 3.62. The zero-order chi connectivity index (χ0) is 21.6. The summed E-state index contributed by atoms with van der Waals surface area (Å²) in [7, 11) is 1.80. The molecule has 2 aromatic rings. The molecule has 1 fully saturated rings. The summed E-state index contributed by atoms with van der Waals surface area (Å²) in [4.78, 5) is 22.7. The fourth-order valence-electron chi connectivity index (χ4n) is 3.33. The Morgan fingerprint density at radius 2 is 1.77 bits per heavy atom. The molecule has 0 saturated carbocycles. The molecule has 1 aromatic heterocycles. The van der Waals surface area contributed by atoms with Gasteiger partial charge in [0, 0.05) is 62.1 Å². The van der Waals surface area contributed by atoms with E-state index in [1.165, 1.54) is 5.69 Å². The van der Waals surface area contributed by atoms with Gasteiger partial charge in [-0.2, -0.15) is 0 Å². The molecule has 0 atom stereocenters. The van der Waals surface area contributed by atoms with Gasteiger partial charge in [0.05, 0.1) is 0 Å². The van der Waals surface area contributed by atoms with Crippen molar-refractivity contribution in [3.05, 3.63) is 42.2 Å². The molecule has 3 N–H and O–H groups in total. The van der Waals surface area contributed by atoms with Crippen LogP contribution < -0.4 is 20.9 Å². The fraction of sp³-hybridized carbons (Fsp3) is 0.500. The maximum Gasteiger partial charge on any atom is 0.407 e. The van der Waals surface area contributed by atoms with E-state index >= 15 is 0 Å². The molecule has 0 spiro atoms. The van der Waals surface area contributed by atoms with Crippen LogP contribution in [0.4, 0.5) is 22.1 Å². The summed E-state index contributed by atoms with van der Waals surface area (Å²) in [5, 5.41) is 9.29. The van der Waals surface area contributed by atoms with Crippen LogP contribution in [-0.4, -0.2) is 47.8 Å². The molecule has 1 aliphatic rings. The third-order valence-electron chi connectivity index (χ3n) is 4.87. The van der Waals surface area contributed by atoms with Crippen LogP contribution in [0.15, 0.2) is 36.7 Å². The first-order valence-electron chi connectivity index (χ1n) is 10.4. The van der Waals surface area contributed by atoms with Crippen LogP contribution in [0.1, 0.15) is 39.2 Å². The number of nitrogens with one attached hydrogen (secondary N) is 3. The molecule has 0 unspecified atom stereocenters. The van der Waals surface area contributed by atoms with Gasteiger partial charge in [-0.25, -0.2) is 14.8 Å². The van der Waals surface area contributed by atoms with Gasteiger partial charge in [0.2, 0.25) is 5.95 Å². The SMILES string of the molecule is CNc1ncc(CNc2ccc(N3CCC(NC(=O)OC(C)(C)C)CC3)cc2)cn1. The van der Waals surface area contributed by atoms with E-state index in [4.69, 9.17) is 4.74 Å². The Morgan fingerprint density at radius 1 is 1.13 bits per heavy atom. The molecule has 8 heteroatoms. The number of ether oxygens (including phenoxy) is 1. The highest BCUT2D eigenvalue weighted by Gasteiger charge is 2.23. The maximum atomic E-state index is 11.9. The summed E-state index contributed by atoms with van der Waals surface area (Å²) < 4.78 is 5.35. The number of amides is 1. The van der Waals surface area contributed by atoms with Crippen molar-refractivity contribution in [1.82, 2.24) is 15.3 Å². The number of aromatic nitrogens is 2. The minimum atomic E-state index is -0.468. The highest BCUT2D eigenvalue weighted by Crippen LogP contribution is 2.22. The van der Waals surface area contributed by atoms with Crippen LogP contribution in [0.25, 0.3) is 0 Å². The quantitative estimate of drug-likeness (QED) is 0.667. The van der Waals surface area contributed by atoms with Crippen molar-refractivity contribution in [2.45, 2.75) is 51.8 Å². The van der Waals surface area contributed by atoms with Crippen molar-refractivity contribution in [3.8, 4) is 0 Å². The van der Waals surface area contributed by atoms with E-state index in [9.17, 15) is 4.79 Å². The Bertz CT molecular complexity index is 809. The van der Waals surface area contributed by atoms with Crippen molar-refractivity contribution in [1.29, 1.82) is 0 Å². The first kappa shape index (κ1) is 21.7. The van der Waals surface area contributed by atoms with Crippen molar-refractivity contribution >= 4 is 23.4 Å². The molecule has 0 radical (unpaired) electrons. The Kier molecular flexibility index (Phi) is 6.97. The van der Waals surface area contributed by atoms with Crippen LogP contribution in [0.5, 0.6) is 0 Å². The minimum absolute atomic E-state index is 0.161. The van der Waals surface area contributed by atoms with E-state index in [-0.39, 0.29) is 12.1 Å². The first-order chi connectivity index (χ1) is 14.3. The molecular formula is C22H32N6O2. The number of benzene rings is 1. The molecule has 1 saturated heterocycles. The predicted molar refractivity (Wildman–Crippen MR) is 120 cm³/mol. The van der Waals surface area contributed by atoms with Gasteiger partial charge in [-0.3, -0.25) is 0 Å². The zero-order valence-corrected chi connectivity index (χ0v) is 18.2. The van der Waals surface area contributed by atoms with Gasteiger partial charge >= 0.3 is 6.09 Å². The number of anilines is 3. The van der Waals surface area contributed by atoms with Crippen molar-refractivity contribution in [2.24, 2.45) is 0 Å². The smallest absolute Gasteiger partial charge is 0.407 e. The molecule has 8 nitrogen and oxygen atoms in total. The highest BCUT2D eigenvalue weighted by molar-refractivity contribution is 5.68. The number of carbonyl (C=O) groups excluding carboxylic acids is 1. The summed E-state index contributed by atoms with van der Waals surface area (Å²) >= 11 is 0. The average molecular weight is 413 g/mol. The molecule has 2 heterocycles. The summed E-state index contributed by atoms with van der Waals surface area (Å²) in [5.41, 5.74) is 2.80. The Morgan fingerprint density at radius 3 is 2.33 bits per heavy atom. The molecule has 1 amide bonds. The van der Waals surface area contributed by atoms with Gasteiger partial charge in [-0.05, 0) is 57.9 Å². The van der Waals surface area contributed by atoms with E-state index in [0.29, 0.717) is 12.5 Å². The second kappa shape index (κ2) is 9.65. The van der Waals surface area contributed by atoms with Gasteiger partial charge in [0.15, 0.2) is 0 Å². The van der Waals surface area contributed by atoms with Crippen LogP contribution in [-0.2, 0) is 11.3 Å². The minimum Gasteiger partial charge on any atom is -0.444 e. The van der Waals surface area contributed by atoms with Gasteiger partial charge in [-0.15, -0.1) is 0 Å². The number of alkyl carbamates (subject to hydrolysis) is 1. The third-order valence-corrected chi connectivity index (χ3v) is 4.87. The normalized spacial score (nSPS) is 14.9. The lowest BCUT2D eigenvalue weighted by Gasteiger charge is -2.34. The van der Waals surface area contributed by atoms with Gasteiger partial charge in [0.1, 0.15) is 5.60 Å². The second-order valence-electron chi connectivity index (χ2n) is 8.47. The van der Waals surface area contributed by atoms with E-state index in [1.54, 1.807) is 7.05 Å². The monoisotopic (exact) mass is 412 g/mol. The summed E-state index contributed by atoms with van der Waals surface area (Å²) in [6.45, 7) is 8.11. The molecule has 0 bridgehead atoms. The van der Waals surface area contributed by atoms with E-state index in [1.807, 2.05) is 33.2 Å². The lowest BCUT2D eigenvalue weighted by molar-refractivity contribution is 0.0497. The lowest BCUT2D eigenvalue weighted by atomic mass is 10.0. The standard InChI is InChI=1S/C22H32N6O2/c1-22(2,3)30-21(29)27-18-9-11-28(12-10-18)19-7-5-17(6-8-19)24-13-16-14-25-20(23-4)26-15-16/h5-8,14-15,18,24H,9-13H2,1-4H3,(H,27,29)(H,23,25,26). The molecule has 30 heavy (non-hydrogen) atoms. The van der Waals surface area contributed by atoms with Crippen LogP contribution in [0, 0.1) is 0 Å². The van der Waals surface area contributed by atoms with E-state index < -0.39 is 5.60 Å². The first-order valence-corrected chi connectivity index (χ1v) is 10.4. The highest BCUT2D eigenvalue weighted by atomic mass is 16.6. The number of nitrogens with zero attached hydrogens (tertiary/aromatic N) is 3. The van der Waals surface area contributed by atoms with Gasteiger partial charge in [0.25, 0.3) is 0 Å². The number of hydrogen-bond acceptors (Lipinski definition) is 7. The largest absolute Gasteiger partial charge is 0.444 e. The summed E-state index contributed by atoms with van der Waals surface area (Å²) in [6, 6.07) is 8.59. The van der Waals surface area contributed by atoms with Crippen molar-refractivity contribution in [2.75, 3.05) is 35.7 Å². The van der Waals surface area contributed by atoms with Crippen molar-refractivity contribution in [3.63, 3.8) is 0 Å². The van der Waals surface area contributed by atoms with E-state index in [0.717, 1.165) is 37.2 Å². The molecule has 0 aliphatic carbocycles. The number of piperidine rings is 1. The zero-order valence-electron chi connectivity index (χ0n) is 18.2. The van der Waals surface area contributed by atoms with Gasteiger partial charge in [-0.1, -0.05) is 0 Å². The molecule has 1 aliphatic heterocycles. The van der Waals surface area contributed by atoms with Crippen LogP contribution in [0.2, 0.25) is 0 Å². The average Bonchev–Trinajstić information content (AvgIpc) is 2.72. The van der Waals surface area contributed by atoms with Gasteiger partial charge < -0.3 is 25.6 Å². The Hall–Kier alpha value is -3.03. The fourth-order valence-corrected chi connectivity index (χ4v) is 3.33. The van der Waals surface area contributed by atoms with Crippen molar-refractivity contribution < 1.29 is 9.53 Å². The topological polar surface area (TPSA) is 91.4 Å². The van der Waals surface area contributed by atoms with Crippen LogP contribution >= 0.6 is 0 Å². The molecule has 1 aromatic carbocycles. The number of rotatable bonds is 6. The lowest BCUT2D eigenvalue weighted by Crippen LogP contribution is -2.46. The molecular weight excluding hydrogens is 380 g/mol. The molecule has 3 rings (SSSR count). The Balaban J connectivity index is 1.44. The third kappa shape index (κ3) is 6.50. The summed E-state index contributed by atoms with van der Waals surface area (Å²) in [5.74, 6) is 0.619. The Labute approximate surface area is 178 Å². The van der Waals surface area contributed by atoms with E-state index in [2.05, 4.69) is 55.1 Å². The van der Waals surface area contributed by atoms with Crippen LogP contribution in [0.3, 0.4) is 0 Å².